The number of sulfonamides is 1. The molecule has 0 saturated carbocycles. The van der Waals surface area contributed by atoms with Crippen molar-refractivity contribution < 1.29 is 17.9 Å². The van der Waals surface area contributed by atoms with E-state index >= 15 is 0 Å². The summed E-state index contributed by atoms with van der Waals surface area (Å²) in [5.74, 6) is -0.0363. The molecule has 5 rings (SSSR count). The molecule has 0 radical (unpaired) electrons. The van der Waals surface area contributed by atoms with Crippen LogP contribution in [0.3, 0.4) is 0 Å². The lowest BCUT2D eigenvalue weighted by molar-refractivity contribution is -0.123. The smallest absolute Gasteiger partial charge is 0.245 e. The molecule has 0 unspecified atom stereocenters. The van der Waals surface area contributed by atoms with Gasteiger partial charge in [0.2, 0.25) is 15.9 Å². The van der Waals surface area contributed by atoms with Crippen molar-refractivity contribution in [3.05, 3.63) is 60.4 Å². The first-order valence-corrected chi connectivity index (χ1v) is 13.5. The number of H-pyrrole nitrogens is 1. The van der Waals surface area contributed by atoms with E-state index < -0.39 is 10.0 Å². The first kappa shape index (κ1) is 23.9. The molecular weight excluding hydrogens is 466 g/mol. The zero-order chi connectivity index (χ0) is 24.3. The fourth-order valence-corrected chi connectivity index (χ4v) is 6.63. The Hall–Kier alpha value is -2.79. The van der Waals surface area contributed by atoms with Crippen LogP contribution < -0.4 is 5.32 Å². The Morgan fingerprint density at radius 1 is 1.06 bits per heavy atom. The lowest BCUT2D eigenvalue weighted by atomic mass is 9.74. The molecule has 1 amide bonds. The Morgan fingerprint density at radius 3 is 2.54 bits per heavy atom. The van der Waals surface area contributed by atoms with Crippen molar-refractivity contribution in [2.24, 2.45) is 0 Å². The topological polar surface area (TPSA) is 108 Å². The van der Waals surface area contributed by atoms with E-state index in [-0.39, 0.29) is 22.8 Å². The van der Waals surface area contributed by atoms with Crippen molar-refractivity contribution in [2.45, 2.75) is 23.2 Å². The molecule has 4 heterocycles. The van der Waals surface area contributed by atoms with Crippen LogP contribution >= 0.6 is 0 Å². The van der Waals surface area contributed by atoms with Gasteiger partial charge in [0.05, 0.1) is 6.54 Å². The van der Waals surface area contributed by atoms with E-state index in [0.717, 1.165) is 12.8 Å². The number of amides is 1. The minimum absolute atomic E-state index is 0.0363. The Labute approximate surface area is 205 Å². The largest absolute Gasteiger partial charge is 0.381 e. The number of carbonyl (C=O) groups is 1. The van der Waals surface area contributed by atoms with Gasteiger partial charge in [-0.2, -0.15) is 4.31 Å². The number of piperazine rings is 1. The summed E-state index contributed by atoms with van der Waals surface area (Å²) in [6, 6.07) is 13.8. The Balaban J connectivity index is 1.16. The van der Waals surface area contributed by atoms with Gasteiger partial charge in [-0.15, -0.1) is 0 Å². The van der Waals surface area contributed by atoms with E-state index in [2.05, 4.69) is 27.4 Å². The van der Waals surface area contributed by atoms with Crippen molar-refractivity contribution in [3.8, 4) is 0 Å². The molecule has 0 aliphatic carbocycles. The minimum atomic E-state index is -3.64. The van der Waals surface area contributed by atoms with Gasteiger partial charge in [0.1, 0.15) is 10.5 Å². The first-order valence-electron chi connectivity index (χ1n) is 12.0. The molecular formula is C25H31N5O4S. The Bertz CT molecular complexity index is 1260. The highest BCUT2D eigenvalue weighted by Crippen LogP contribution is 2.34. The number of carbonyl (C=O) groups excluding carboxylic acids is 1. The van der Waals surface area contributed by atoms with Crippen LogP contribution in [0.15, 0.2) is 59.8 Å². The number of benzene rings is 1. The molecule has 2 aliphatic rings. The van der Waals surface area contributed by atoms with E-state index in [9.17, 15) is 13.2 Å². The second kappa shape index (κ2) is 10.1. The second-order valence-electron chi connectivity index (χ2n) is 9.27. The van der Waals surface area contributed by atoms with Crippen molar-refractivity contribution in [2.75, 3.05) is 52.5 Å². The van der Waals surface area contributed by atoms with Crippen LogP contribution in [0.4, 0.5) is 0 Å². The number of hydrogen-bond acceptors (Lipinski definition) is 6. The third kappa shape index (κ3) is 4.97. The van der Waals surface area contributed by atoms with Crippen molar-refractivity contribution in [3.63, 3.8) is 0 Å². The van der Waals surface area contributed by atoms with Crippen molar-refractivity contribution >= 4 is 27.0 Å². The Morgan fingerprint density at radius 2 is 1.80 bits per heavy atom. The second-order valence-corrected chi connectivity index (χ2v) is 11.2. The number of aromatic amines is 1. The van der Waals surface area contributed by atoms with Gasteiger partial charge in [-0.05, 0) is 30.5 Å². The lowest BCUT2D eigenvalue weighted by Crippen LogP contribution is -2.52. The third-order valence-corrected chi connectivity index (χ3v) is 9.13. The number of fused-ring (bicyclic) bond motifs is 1. The molecule has 35 heavy (non-hydrogen) atoms. The van der Waals surface area contributed by atoms with E-state index in [4.69, 9.17) is 4.74 Å². The number of nitrogens with zero attached hydrogens (tertiary/aromatic N) is 3. The number of hydrogen-bond donors (Lipinski definition) is 2. The average molecular weight is 498 g/mol. The van der Waals surface area contributed by atoms with Gasteiger partial charge in [0.25, 0.3) is 0 Å². The van der Waals surface area contributed by atoms with Gasteiger partial charge >= 0.3 is 0 Å². The van der Waals surface area contributed by atoms with Crippen LogP contribution in [0.2, 0.25) is 0 Å². The van der Waals surface area contributed by atoms with Crippen LogP contribution in [0.1, 0.15) is 18.4 Å². The third-order valence-electron chi connectivity index (χ3n) is 7.19. The molecule has 10 heteroatoms. The van der Waals surface area contributed by atoms with Crippen LogP contribution in [0.25, 0.3) is 11.0 Å². The molecule has 2 N–H and O–H groups in total. The lowest BCUT2D eigenvalue weighted by Gasteiger charge is -2.38. The number of ether oxygens (including phenoxy) is 1. The number of aromatic nitrogens is 2. The predicted molar refractivity (Wildman–Crippen MR) is 132 cm³/mol. The van der Waals surface area contributed by atoms with E-state index in [1.165, 1.54) is 16.1 Å². The number of nitrogens with one attached hydrogen (secondary N) is 2. The summed E-state index contributed by atoms with van der Waals surface area (Å²) < 4.78 is 33.5. The normalized spacial score (nSPS) is 19.5. The summed E-state index contributed by atoms with van der Waals surface area (Å²) >= 11 is 0. The molecule has 1 aromatic carbocycles. The Kier molecular flexibility index (Phi) is 6.88. The maximum absolute atomic E-state index is 13.2. The monoisotopic (exact) mass is 497 g/mol. The quantitative estimate of drug-likeness (QED) is 0.515. The molecule has 0 spiro atoms. The molecule has 2 aromatic heterocycles. The predicted octanol–water partition coefficient (Wildman–Crippen LogP) is 1.73. The van der Waals surface area contributed by atoms with Gasteiger partial charge in [-0.3, -0.25) is 9.69 Å². The molecule has 186 valence electrons. The highest BCUT2D eigenvalue weighted by atomic mass is 32.2. The zero-order valence-corrected chi connectivity index (χ0v) is 20.5. The van der Waals surface area contributed by atoms with E-state index in [0.29, 0.717) is 57.0 Å². The van der Waals surface area contributed by atoms with Crippen molar-refractivity contribution in [1.82, 2.24) is 24.5 Å². The van der Waals surface area contributed by atoms with E-state index in [1.54, 1.807) is 18.3 Å². The van der Waals surface area contributed by atoms with Crippen LogP contribution in [0, 0.1) is 0 Å². The highest BCUT2D eigenvalue weighted by Gasteiger charge is 2.35. The fourth-order valence-electron chi connectivity index (χ4n) is 5.06. The molecule has 0 bridgehead atoms. The highest BCUT2D eigenvalue weighted by molar-refractivity contribution is 7.89. The SMILES string of the molecule is O=C(CN1CCN(S(=O)(=O)c2c[nH]c3ncccc23)CC1)NCC1(c2ccccc2)CCOCC1. The van der Waals surface area contributed by atoms with Crippen LogP contribution in [-0.2, 0) is 25.0 Å². The molecule has 2 fully saturated rings. The number of pyridine rings is 1. The summed E-state index contributed by atoms with van der Waals surface area (Å²) in [5.41, 5.74) is 1.67. The molecule has 9 nitrogen and oxygen atoms in total. The summed E-state index contributed by atoms with van der Waals surface area (Å²) in [4.78, 5) is 22.2. The fraction of sp³-hybridized carbons (Fsp3) is 0.440. The summed E-state index contributed by atoms with van der Waals surface area (Å²) in [6.45, 7) is 3.90. The summed E-state index contributed by atoms with van der Waals surface area (Å²) in [6.07, 6.45) is 4.88. The van der Waals surface area contributed by atoms with E-state index in [1.807, 2.05) is 23.1 Å². The summed E-state index contributed by atoms with van der Waals surface area (Å²) in [5, 5.41) is 3.74. The molecule has 2 aliphatic heterocycles. The zero-order valence-electron chi connectivity index (χ0n) is 19.7. The number of rotatable bonds is 7. The van der Waals surface area contributed by atoms with Gasteiger partial charge in [-0.25, -0.2) is 13.4 Å². The van der Waals surface area contributed by atoms with Crippen LogP contribution in [0.5, 0.6) is 0 Å². The average Bonchev–Trinajstić information content (AvgIpc) is 3.34. The van der Waals surface area contributed by atoms with Crippen LogP contribution in [-0.4, -0.2) is 86.0 Å². The van der Waals surface area contributed by atoms with Gasteiger partial charge < -0.3 is 15.0 Å². The molecule has 2 saturated heterocycles. The van der Waals surface area contributed by atoms with Crippen molar-refractivity contribution in [1.29, 1.82) is 0 Å². The molecule has 0 atom stereocenters. The van der Waals surface area contributed by atoms with Gasteiger partial charge in [0, 0.05) is 69.1 Å². The molecule has 3 aromatic rings. The van der Waals surface area contributed by atoms with Gasteiger partial charge in [-0.1, -0.05) is 30.3 Å². The standard InChI is InChI=1S/C25H31N5O4S/c31-23(28-19-25(8-15-34-16-9-25)20-5-2-1-3-6-20)18-29-11-13-30(14-12-29)35(32,33)22-17-27-24-21(22)7-4-10-26-24/h1-7,10,17H,8-9,11-16,18-19H2,(H,26,27)(H,28,31). The summed E-state index contributed by atoms with van der Waals surface area (Å²) in [7, 11) is -3.64. The maximum atomic E-state index is 13.2. The minimum Gasteiger partial charge on any atom is -0.381 e. The maximum Gasteiger partial charge on any atom is 0.245 e. The van der Waals surface area contributed by atoms with Gasteiger partial charge in [0.15, 0.2) is 0 Å². The first-order chi connectivity index (χ1) is 17.0.